The van der Waals surface area contributed by atoms with Gasteiger partial charge in [0.05, 0.1) is 7.11 Å². The molecule has 0 aromatic carbocycles. The fourth-order valence-electron chi connectivity index (χ4n) is 2.29. The van der Waals surface area contributed by atoms with Crippen molar-refractivity contribution < 1.29 is 14.3 Å². The van der Waals surface area contributed by atoms with Crippen LogP contribution < -0.4 is 5.32 Å². The number of esters is 1. The molecule has 7 heteroatoms. The summed E-state index contributed by atoms with van der Waals surface area (Å²) in [5.74, 6) is 0.964. The number of aryl methyl sites for hydroxylation is 1. The van der Waals surface area contributed by atoms with Gasteiger partial charge in [-0.2, -0.15) is 0 Å². The van der Waals surface area contributed by atoms with Crippen LogP contribution in [0.5, 0.6) is 0 Å². The maximum Gasteiger partial charge on any atom is 0.330 e. The van der Waals surface area contributed by atoms with Gasteiger partial charge in [-0.25, -0.2) is 4.79 Å². The lowest BCUT2D eigenvalue weighted by atomic mass is 9.87. The van der Waals surface area contributed by atoms with Gasteiger partial charge in [-0.05, 0) is 20.3 Å². The minimum absolute atomic E-state index is 0.113. The van der Waals surface area contributed by atoms with E-state index in [0.717, 1.165) is 12.4 Å². The van der Waals surface area contributed by atoms with Gasteiger partial charge in [0.15, 0.2) is 0 Å². The van der Waals surface area contributed by atoms with Crippen molar-refractivity contribution >= 4 is 11.9 Å². The summed E-state index contributed by atoms with van der Waals surface area (Å²) in [6.45, 7) is 4.76. The van der Waals surface area contributed by atoms with Crippen LogP contribution in [0.2, 0.25) is 0 Å². The zero-order chi connectivity index (χ0) is 14.8. The van der Waals surface area contributed by atoms with E-state index in [4.69, 9.17) is 0 Å². The zero-order valence-corrected chi connectivity index (χ0v) is 11.8. The predicted octanol–water partition coefficient (Wildman–Crippen LogP) is 0.0933. The van der Waals surface area contributed by atoms with Crippen molar-refractivity contribution in [1.29, 1.82) is 0 Å². The summed E-state index contributed by atoms with van der Waals surface area (Å²) in [5, 5.41) is 10.9. The molecule has 0 saturated carbocycles. The van der Waals surface area contributed by atoms with Gasteiger partial charge in [-0.15, -0.1) is 10.2 Å². The largest absolute Gasteiger partial charge is 0.466 e. The Morgan fingerprint density at radius 2 is 2.25 bits per heavy atom. The number of rotatable bonds is 4. The molecule has 108 valence electrons. The van der Waals surface area contributed by atoms with E-state index in [2.05, 4.69) is 20.3 Å². The van der Waals surface area contributed by atoms with Gasteiger partial charge in [-0.3, -0.25) is 4.79 Å². The SMILES string of the molecule is COC(=O)/C=C/CNC(=O)C1(C)CCn2c(C)nnc21. The van der Waals surface area contributed by atoms with Crippen molar-refractivity contribution in [2.75, 3.05) is 13.7 Å². The van der Waals surface area contributed by atoms with Gasteiger partial charge in [0.1, 0.15) is 17.1 Å². The molecular formula is C13H18N4O3. The summed E-state index contributed by atoms with van der Waals surface area (Å²) < 4.78 is 6.43. The zero-order valence-electron chi connectivity index (χ0n) is 11.8. The van der Waals surface area contributed by atoms with Crippen molar-refractivity contribution in [1.82, 2.24) is 20.1 Å². The average molecular weight is 278 g/mol. The van der Waals surface area contributed by atoms with E-state index in [1.165, 1.54) is 13.2 Å². The average Bonchev–Trinajstić information content (AvgIpc) is 2.97. The molecule has 1 unspecified atom stereocenters. The topological polar surface area (TPSA) is 86.1 Å². The van der Waals surface area contributed by atoms with Gasteiger partial charge < -0.3 is 14.6 Å². The Morgan fingerprint density at radius 1 is 1.50 bits per heavy atom. The molecule has 0 radical (unpaired) electrons. The summed E-state index contributed by atoms with van der Waals surface area (Å²) >= 11 is 0. The monoisotopic (exact) mass is 278 g/mol. The van der Waals surface area contributed by atoms with Crippen molar-refractivity contribution in [3.05, 3.63) is 23.8 Å². The molecule has 0 bridgehead atoms. The molecule has 0 aliphatic carbocycles. The van der Waals surface area contributed by atoms with E-state index in [1.807, 2.05) is 18.4 Å². The van der Waals surface area contributed by atoms with Crippen LogP contribution in [0.1, 0.15) is 25.0 Å². The Morgan fingerprint density at radius 3 is 2.95 bits per heavy atom. The molecule has 0 saturated heterocycles. The van der Waals surface area contributed by atoms with E-state index in [9.17, 15) is 9.59 Å². The second kappa shape index (κ2) is 5.44. The lowest BCUT2D eigenvalue weighted by Gasteiger charge is -2.20. The van der Waals surface area contributed by atoms with E-state index in [0.29, 0.717) is 12.2 Å². The van der Waals surface area contributed by atoms with Crippen LogP contribution in [-0.2, 0) is 26.3 Å². The second-order valence-corrected chi connectivity index (χ2v) is 4.94. The van der Waals surface area contributed by atoms with Gasteiger partial charge >= 0.3 is 5.97 Å². The first-order chi connectivity index (χ1) is 9.49. The molecule has 2 heterocycles. The molecule has 1 amide bonds. The molecule has 1 aliphatic rings. The first-order valence-electron chi connectivity index (χ1n) is 6.42. The third-order valence-electron chi connectivity index (χ3n) is 3.60. The maximum absolute atomic E-state index is 12.3. The standard InChI is InChI=1S/C13H18N4O3/c1-9-15-16-11-13(2,6-8-17(9)11)12(19)14-7-4-5-10(18)20-3/h4-5H,6-8H2,1-3H3,(H,14,19)/b5-4+. The third-order valence-corrected chi connectivity index (χ3v) is 3.60. The summed E-state index contributed by atoms with van der Waals surface area (Å²) in [4.78, 5) is 23.2. The number of hydrogen-bond donors (Lipinski definition) is 1. The maximum atomic E-state index is 12.3. The Labute approximate surface area is 117 Å². The van der Waals surface area contributed by atoms with Crippen LogP contribution in [0.3, 0.4) is 0 Å². The highest BCUT2D eigenvalue weighted by atomic mass is 16.5. The summed E-state index contributed by atoms with van der Waals surface area (Å²) in [7, 11) is 1.31. The van der Waals surface area contributed by atoms with Crippen molar-refractivity contribution in [3.63, 3.8) is 0 Å². The molecule has 1 aliphatic heterocycles. The molecule has 20 heavy (non-hydrogen) atoms. The number of methoxy groups -OCH3 is 1. The van der Waals surface area contributed by atoms with Crippen LogP contribution >= 0.6 is 0 Å². The predicted molar refractivity (Wildman–Crippen MR) is 70.9 cm³/mol. The Balaban J connectivity index is 2.00. The molecule has 0 fully saturated rings. The summed E-state index contributed by atoms with van der Waals surface area (Å²) in [5.41, 5.74) is -0.666. The minimum atomic E-state index is -0.666. The fourth-order valence-corrected chi connectivity index (χ4v) is 2.29. The molecule has 1 N–H and O–H groups in total. The van der Waals surface area contributed by atoms with E-state index >= 15 is 0 Å². The molecule has 7 nitrogen and oxygen atoms in total. The van der Waals surface area contributed by atoms with E-state index in [1.54, 1.807) is 6.08 Å². The molecular weight excluding hydrogens is 260 g/mol. The molecule has 0 spiro atoms. The normalized spacial score (nSPS) is 20.9. The number of nitrogens with one attached hydrogen (secondary N) is 1. The number of carbonyl (C=O) groups excluding carboxylic acids is 2. The molecule has 2 rings (SSSR count). The smallest absolute Gasteiger partial charge is 0.330 e. The van der Waals surface area contributed by atoms with Gasteiger partial charge in [-0.1, -0.05) is 6.08 Å². The number of amides is 1. The van der Waals surface area contributed by atoms with Crippen LogP contribution in [0.25, 0.3) is 0 Å². The first kappa shape index (κ1) is 14.2. The van der Waals surface area contributed by atoms with Gasteiger partial charge in [0, 0.05) is 19.2 Å². The second-order valence-electron chi connectivity index (χ2n) is 4.94. The molecule has 1 aromatic rings. The lowest BCUT2D eigenvalue weighted by Crippen LogP contribution is -2.41. The number of hydrogen-bond acceptors (Lipinski definition) is 5. The van der Waals surface area contributed by atoms with Crippen LogP contribution in [0.15, 0.2) is 12.2 Å². The lowest BCUT2D eigenvalue weighted by molar-refractivity contribution is -0.135. The van der Waals surface area contributed by atoms with Crippen molar-refractivity contribution in [3.8, 4) is 0 Å². The van der Waals surface area contributed by atoms with Gasteiger partial charge in [0.2, 0.25) is 5.91 Å². The highest BCUT2D eigenvalue weighted by Crippen LogP contribution is 2.33. The number of carbonyl (C=O) groups is 2. The first-order valence-corrected chi connectivity index (χ1v) is 6.42. The summed E-state index contributed by atoms with van der Waals surface area (Å²) in [6, 6.07) is 0. The van der Waals surface area contributed by atoms with Crippen LogP contribution in [-0.4, -0.2) is 40.3 Å². The number of ether oxygens (including phenoxy) is 1. The van der Waals surface area contributed by atoms with Crippen molar-refractivity contribution in [2.45, 2.75) is 32.2 Å². The highest BCUT2D eigenvalue weighted by molar-refractivity contribution is 5.87. The molecule has 1 atom stereocenters. The fraction of sp³-hybridized carbons (Fsp3) is 0.538. The van der Waals surface area contributed by atoms with Crippen LogP contribution in [0, 0.1) is 6.92 Å². The van der Waals surface area contributed by atoms with Crippen molar-refractivity contribution in [2.24, 2.45) is 0 Å². The Kier molecular flexibility index (Phi) is 3.87. The Hall–Kier alpha value is -2.18. The minimum Gasteiger partial charge on any atom is -0.466 e. The van der Waals surface area contributed by atoms with Crippen LogP contribution in [0.4, 0.5) is 0 Å². The van der Waals surface area contributed by atoms with E-state index in [-0.39, 0.29) is 12.5 Å². The molecule has 1 aromatic heterocycles. The Bertz CT molecular complexity index is 564. The highest BCUT2D eigenvalue weighted by Gasteiger charge is 2.44. The van der Waals surface area contributed by atoms with E-state index < -0.39 is 11.4 Å². The summed E-state index contributed by atoms with van der Waals surface area (Å²) in [6.07, 6.45) is 3.53. The third kappa shape index (κ3) is 2.43. The number of fused-ring (bicyclic) bond motifs is 1. The number of nitrogens with zero attached hydrogens (tertiary/aromatic N) is 3. The quantitative estimate of drug-likeness (QED) is 0.623. The number of aromatic nitrogens is 3. The van der Waals surface area contributed by atoms with Gasteiger partial charge in [0.25, 0.3) is 0 Å².